The highest BCUT2D eigenvalue weighted by molar-refractivity contribution is 7.10. The molecule has 0 bridgehead atoms. The van der Waals surface area contributed by atoms with Gasteiger partial charge in [-0.2, -0.15) is 0 Å². The predicted octanol–water partition coefficient (Wildman–Crippen LogP) is 3.17. The van der Waals surface area contributed by atoms with Crippen LogP contribution in [0.15, 0.2) is 23.6 Å². The van der Waals surface area contributed by atoms with Gasteiger partial charge in [-0.1, -0.05) is 19.1 Å². The van der Waals surface area contributed by atoms with Crippen LogP contribution in [0.4, 0.5) is 0 Å². The number of rotatable bonds is 2. The lowest BCUT2D eigenvalue weighted by Gasteiger charge is -1.78. The summed E-state index contributed by atoms with van der Waals surface area (Å²) >= 11 is 1.78. The Morgan fingerprint density at radius 1 is 1.67 bits per heavy atom. The summed E-state index contributed by atoms with van der Waals surface area (Å²) in [4.78, 5) is 1.34. The molecule has 0 atom stereocenters. The molecule has 0 fully saturated rings. The smallest absolute Gasteiger partial charge is 0.0267 e. The highest BCUT2D eigenvalue weighted by Gasteiger charge is 1.81. The molecule has 0 unspecified atom stereocenters. The third-order valence-electron chi connectivity index (χ3n) is 1.06. The zero-order valence-corrected chi connectivity index (χ0v) is 6.32. The maximum absolute atomic E-state index is 2.17. The topological polar surface area (TPSA) is 0 Å². The fourth-order valence-corrected chi connectivity index (χ4v) is 1.27. The standard InChI is InChI=1S/C8H10S/c1-2-3-5-8-6-4-7-9-8/h3-7H,2H2,1H3/b5-3-. The summed E-state index contributed by atoms with van der Waals surface area (Å²) in [5, 5.41) is 2.09. The monoisotopic (exact) mass is 138 g/mol. The van der Waals surface area contributed by atoms with E-state index in [0.717, 1.165) is 6.42 Å². The van der Waals surface area contributed by atoms with Crippen molar-refractivity contribution in [2.75, 3.05) is 0 Å². The molecule has 0 aromatic carbocycles. The van der Waals surface area contributed by atoms with Crippen molar-refractivity contribution < 1.29 is 0 Å². The van der Waals surface area contributed by atoms with Gasteiger partial charge in [0.1, 0.15) is 0 Å². The Hall–Kier alpha value is -0.560. The number of allylic oxidation sites excluding steroid dienone is 1. The van der Waals surface area contributed by atoms with Gasteiger partial charge in [-0.25, -0.2) is 0 Å². The lowest BCUT2D eigenvalue weighted by Crippen LogP contribution is -1.54. The van der Waals surface area contributed by atoms with E-state index < -0.39 is 0 Å². The van der Waals surface area contributed by atoms with Gasteiger partial charge in [-0.05, 0) is 23.9 Å². The van der Waals surface area contributed by atoms with Crippen molar-refractivity contribution >= 4 is 17.4 Å². The molecule has 0 N–H and O–H groups in total. The van der Waals surface area contributed by atoms with E-state index in [1.54, 1.807) is 11.3 Å². The second-order valence-corrected chi connectivity index (χ2v) is 2.81. The maximum Gasteiger partial charge on any atom is 0.0267 e. The van der Waals surface area contributed by atoms with Crippen molar-refractivity contribution in [3.8, 4) is 0 Å². The SMILES string of the molecule is CC/C=C\c1cccs1. The van der Waals surface area contributed by atoms with Gasteiger partial charge in [0, 0.05) is 4.88 Å². The van der Waals surface area contributed by atoms with Gasteiger partial charge < -0.3 is 0 Å². The van der Waals surface area contributed by atoms with Crippen LogP contribution in [0.2, 0.25) is 0 Å². The van der Waals surface area contributed by atoms with Crippen LogP contribution in [0, 0.1) is 0 Å². The van der Waals surface area contributed by atoms with E-state index in [1.807, 2.05) is 0 Å². The quantitative estimate of drug-likeness (QED) is 0.589. The molecule has 0 radical (unpaired) electrons. The van der Waals surface area contributed by atoms with E-state index >= 15 is 0 Å². The largest absolute Gasteiger partial charge is 0.144 e. The molecule has 0 aliphatic rings. The molecular weight excluding hydrogens is 128 g/mol. The van der Waals surface area contributed by atoms with E-state index in [9.17, 15) is 0 Å². The molecular formula is C8H10S. The van der Waals surface area contributed by atoms with Gasteiger partial charge in [-0.15, -0.1) is 11.3 Å². The van der Waals surface area contributed by atoms with Crippen LogP contribution in [-0.4, -0.2) is 0 Å². The molecule has 1 aromatic rings. The lowest BCUT2D eigenvalue weighted by molar-refractivity contribution is 1.23. The van der Waals surface area contributed by atoms with Crippen molar-refractivity contribution in [2.45, 2.75) is 13.3 Å². The van der Waals surface area contributed by atoms with Crippen molar-refractivity contribution in [1.82, 2.24) is 0 Å². The molecule has 48 valence electrons. The summed E-state index contributed by atoms with van der Waals surface area (Å²) in [5.41, 5.74) is 0. The van der Waals surface area contributed by atoms with Crippen LogP contribution in [0.1, 0.15) is 18.2 Å². The highest BCUT2D eigenvalue weighted by Crippen LogP contribution is 2.09. The van der Waals surface area contributed by atoms with Crippen LogP contribution in [0.25, 0.3) is 6.08 Å². The molecule has 9 heavy (non-hydrogen) atoms. The molecule has 0 saturated heterocycles. The molecule has 1 aromatic heterocycles. The summed E-state index contributed by atoms with van der Waals surface area (Å²) in [6.45, 7) is 2.14. The molecule has 0 aliphatic carbocycles. The van der Waals surface area contributed by atoms with Crippen LogP contribution >= 0.6 is 11.3 Å². The normalized spacial score (nSPS) is 10.8. The summed E-state index contributed by atoms with van der Waals surface area (Å²) in [5.74, 6) is 0. The fourth-order valence-electron chi connectivity index (χ4n) is 0.620. The van der Waals surface area contributed by atoms with Crippen molar-refractivity contribution in [1.29, 1.82) is 0 Å². The second kappa shape index (κ2) is 3.46. The van der Waals surface area contributed by atoms with E-state index in [0.29, 0.717) is 0 Å². The van der Waals surface area contributed by atoms with Crippen LogP contribution < -0.4 is 0 Å². The van der Waals surface area contributed by atoms with E-state index in [1.165, 1.54) is 4.88 Å². The zero-order chi connectivity index (χ0) is 6.53. The molecule has 0 spiro atoms. The van der Waals surface area contributed by atoms with Crippen LogP contribution in [0.5, 0.6) is 0 Å². The molecule has 0 aliphatic heterocycles. The summed E-state index contributed by atoms with van der Waals surface area (Å²) in [6, 6.07) is 4.19. The van der Waals surface area contributed by atoms with Gasteiger partial charge in [-0.3, -0.25) is 0 Å². The van der Waals surface area contributed by atoms with Gasteiger partial charge in [0.15, 0.2) is 0 Å². The van der Waals surface area contributed by atoms with E-state index in [-0.39, 0.29) is 0 Å². The number of hydrogen-bond donors (Lipinski definition) is 0. The minimum atomic E-state index is 1.12. The highest BCUT2D eigenvalue weighted by atomic mass is 32.1. The van der Waals surface area contributed by atoms with E-state index in [2.05, 4.69) is 36.6 Å². The Bertz CT molecular complexity index is 172. The Kier molecular flexibility index (Phi) is 2.52. The van der Waals surface area contributed by atoms with Crippen LogP contribution in [-0.2, 0) is 0 Å². The number of thiophene rings is 1. The third-order valence-corrected chi connectivity index (χ3v) is 1.90. The molecule has 1 heterocycles. The van der Waals surface area contributed by atoms with Gasteiger partial charge in [0.2, 0.25) is 0 Å². The third kappa shape index (κ3) is 2.02. The first-order valence-electron chi connectivity index (χ1n) is 3.13. The van der Waals surface area contributed by atoms with Gasteiger partial charge in [0.25, 0.3) is 0 Å². The zero-order valence-electron chi connectivity index (χ0n) is 5.50. The first-order chi connectivity index (χ1) is 4.43. The first kappa shape index (κ1) is 6.56. The second-order valence-electron chi connectivity index (χ2n) is 1.83. The molecule has 1 rings (SSSR count). The Morgan fingerprint density at radius 3 is 3.11 bits per heavy atom. The molecule has 0 nitrogen and oxygen atoms in total. The molecule has 0 saturated carbocycles. The Morgan fingerprint density at radius 2 is 2.56 bits per heavy atom. The maximum atomic E-state index is 2.17. The van der Waals surface area contributed by atoms with Gasteiger partial charge >= 0.3 is 0 Å². The summed E-state index contributed by atoms with van der Waals surface area (Å²) < 4.78 is 0. The average Bonchev–Trinajstić information content (AvgIpc) is 2.34. The number of hydrogen-bond acceptors (Lipinski definition) is 1. The Balaban J connectivity index is 2.57. The summed E-state index contributed by atoms with van der Waals surface area (Å²) in [6.07, 6.45) is 5.45. The minimum Gasteiger partial charge on any atom is -0.144 e. The van der Waals surface area contributed by atoms with Crippen molar-refractivity contribution in [3.05, 3.63) is 28.5 Å². The minimum absolute atomic E-state index is 1.12. The summed E-state index contributed by atoms with van der Waals surface area (Å²) in [7, 11) is 0. The average molecular weight is 138 g/mol. The van der Waals surface area contributed by atoms with Crippen LogP contribution in [0.3, 0.4) is 0 Å². The van der Waals surface area contributed by atoms with Crippen molar-refractivity contribution in [2.24, 2.45) is 0 Å². The predicted molar refractivity (Wildman–Crippen MR) is 43.6 cm³/mol. The van der Waals surface area contributed by atoms with Crippen molar-refractivity contribution in [3.63, 3.8) is 0 Å². The fraction of sp³-hybridized carbons (Fsp3) is 0.250. The molecule has 1 heteroatoms. The Labute approximate surface area is 59.8 Å². The van der Waals surface area contributed by atoms with Gasteiger partial charge in [0.05, 0.1) is 0 Å². The molecule has 0 amide bonds. The first-order valence-corrected chi connectivity index (χ1v) is 4.01. The van der Waals surface area contributed by atoms with E-state index in [4.69, 9.17) is 0 Å². The lowest BCUT2D eigenvalue weighted by atomic mass is 10.4.